The molecule has 17 heavy (non-hydrogen) atoms. The third-order valence-corrected chi connectivity index (χ3v) is 3.82. The molecule has 0 bridgehead atoms. The average molecular weight is 265 g/mol. The van der Waals surface area contributed by atoms with E-state index in [1.54, 1.807) is 18.0 Å². The van der Waals surface area contributed by atoms with E-state index in [9.17, 15) is 0 Å². The van der Waals surface area contributed by atoms with Crippen molar-refractivity contribution in [3.05, 3.63) is 52.8 Å². The Balaban J connectivity index is 2.10. The number of aryl methyl sites for hydroxylation is 1. The quantitative estimate of drug-likeness (QED) is 0.519. The minimum atomic E-state index is 0.528. The van der Waals surface area contributed by atoms with Crippen LogP contribution in [0.1, 0.15) is 11.1 Å². The normalized spacial score (nSPS) is 10.5. The van der Waals surface area contributed by atoms with Gasteiger partial charge in [0.05, 0.1) is 0 Å². The lowest BCUT2D eigenvalue weighted by molar-refractivity contribution is 1.27. The van der Waals surface area contributed by atoms with E-state index < -0.39 is 0 Å². The molecule has 0 unspecified atom stereocenters. The molecule has 0 radical (unpaired) electrons. The predicted octanol–water partition coefficient (Wildman–Crippen LogP) is 3.92. The molecule has 2 rings (SSSR count). The molecular formula is C13H13ClN2S. The van der Waals surface area contributed by atoms with Crippen LogP contribution in [0.4, 0.5) is 5.69 Å². The van der Waals surface area contributed by atoms with Crippen LogP contribution in [0, 0.1) is 6.92 Å². The largest absolute Gasteiger partial charge is 0.398 e. The molecule has 0 aliphatic rings. The third kappa shape index (κ3) is 3.14. The maximum Gasteiger partial charge on any atom is 0.129 e. The maximum absolute atomic E-state index is 6.02. The molecule has 2 aromatic rings. The number of para-hydroxylation sites is 1. The van der Waals surface area contributed by atoms with Crippen molar-refractivity contribution < 1.29 is 0 Å². The average Bonchev–Trinajstić information content (AvgIpc) is 2.31. The van der Waals surface area contributed by atoms with Crippen LogP contribution in [0.15, 0.2) is 41.4 Å². The Hall–Kier alpha value is -1.19. The van der Waals surface area contributed by atoms with E-state index in [0.29, 0.717) is 5.15 Å². The number of aromatic nitrogens is 1. The van der Waals surface area contributed by atoms with E-state index in [1.165, 1.54) is 0 Å². The van der Waals surface area contributed by atoms with Crippen LogP contribution < -0.4 is 5.73 Å². The standard InChI is InChI=1S/C13H13ClN2S/c1-9-3-2-4-11(13(9)15)17-8-10-5-6-16-12(14)7-10/h2-7H,8,15H2,1H3. The molecule has 0 aliphatic carbocycles. The van der Waals surface area contributed by atoms with E-state index in [1.807, 2.05) is 37.3 Å². The molecular weight excluding hydrogens is 252 g/mol. The zero-order chi connectivity index (χ0) is 12.3. The second kappa shape index (κ2) is 5.43. The Kier molecular flexibility index (Phi) is 3.92. The van der Waals surface area contributed by atoms with Crippen LogP contribution in [-0.2, 0) is 5.75 Å². The Morgan fingerprint density at radius 1 is 1.35 bits per heavy atom. The van der Waals surface area contributed by atoms with Gasteiger partial charge < -0.3 is 5.73 Å². The lowest BCUT2D eigenvalue weighted by Gasteiger charge is -2.07. The summed E-state index contributed by atoms with van der Waals surface area (Å²) >= 11 is 7.55. The number of benzene rings is 1. The van der Waals surface area contributed by atoms with Gasteiger partial charge in [-0.15, -0.1) is 11.8 Å². The van der Waals surface area contributed by atoms with Crippen LogP contribution in [0.3, 0.4) is 0 Å². The highest BCUT2D eigenvalue weighted by Gasteiger charge is 2.03. The molecule has 0 saturated carbocycles. The van der Waals surface area contributed by atoms with Gasteiger partial charge in [0.25, 0.3) is 0 Å². The molecule has 0 aliphatic heterocycles. The van der Waals surface area contributed by atoms with Crippen molar-refractivity contribution in [1.29, 1.82) is 0 Å². The van der Waals surface area contributed by atoms with Crippen LogP contribution in [0.5, 0.6) is 0 Å². The third-order valence-electron chi connectivity index (χ3n) is 2.47. The number of halogens is 1. The fourth-order valence-electron chi connectivity index (χ4n) is 1.47. The summed E-state index contributed by atoms with van der Waals surface area (Å²) in [6.07, 6.45) is 1.72. The molecule has 1 heterocycles. The minimum Gasteiger partial charge on any atom is -0.398 e. The summed E-state index contributed by atoms with van der Waals surface area (Å²) in [6.45, 7) is 2.02. The summed E-state index contributed by atoms with van der Waals surface area (Å²) in [5, 5.41) is 0.528. The summed E-state index contributed by atoms with van der Waals surface area (Å²) in [6, 6.07) is 9.91. The Morgan fingerprint density at radius 2 is 2.18 bits per heavy atom. The summed E-state index contributed by atoms with van der Waals surface area (Å²) in [5.41, 5.74) is 9.14. The molecule has 0 fully saturated rings. The fraction of sp³-hybridized carbons (Fsp3) is 0.154. The van der Waals surface area contributed by atoms with Gasteiger partial charge in [0.15, 0.2) is 0 Å². The zero-order valence-electron chi connectivity index (χ0n) is 9.48. The SMILES string of the molecule is Cc1cccc(SCc2ccnc(Cl)c2)c1N. The topological polar surface area (TPSA) is 38.9 Å². The van der Waals surface area contributed by atoms with E-state index in [-0.39, 0.29) is 0 Å². The van der Waals surface area contributed by atoms with Gasteiger partial charge in [-0.05, 0) is 36.2 Å². The van der Waals surface area contributed by atoms with Crippen molar-refractivity contribution >= 4 is 29.1 Å². The molecule has 0 amide bonds. The fourth-order valence-corrected chi connectivity index (χ4v) is 2.66. The van der Waals surface area contributed by atoms with Gasteiger partial charge >= 0.3 is 0 Å². The van der Waals surface area contributed by atoms with Crippen LogP contribution in [-0.4, -0.2) is 4.98 Å². The lowest BCUT2D eigenvalue weighted by Crippen LogP contribution is -1.92. The van der Waals surface area contributed by atoms with Gasteiger partial charge in [0.1, 0.15) is 5.15 Å². The van der Waals surface area contributed by atoms with Gasteiger partial charge in [-0.25, -0.2) is 4.98 Å². The number of thioether (sulfide) groups is 1. The van der Waals surface area contributed by atoms with Crippen molar-refractivity contribution in [2.75, 3.05) is 5.73 Å². The highest BCUT2D eigenvalue weighted by molar-refractivity contribution is 7.98. The second-order valence-corrected chi connectivity index (χ2v) is 5.17. The summed E-state index contributed by atoms with van der Waals surface area (Å²) in [5.74, 6) is 0.843. The molecule has 1 aromatic carbocycles. The number of nitrogens with zero attached hydrogens (tertiary/aromatic N) is 1. The first-order chi connectivity index (χ1) is 8.16. The monoisotopic (exact) mass is 264 g/mol. The van der Waals surface area contributed by atoms with Crippen LogP contribution >= 0.6 is 23.4 Å². The van der Waals surface area contributed by atoms with Gasteiger partial charge in [-0.2, -0.15) is 0 Å². The van der Waals surface area contributed by atoms with Crippen LogP contribution in [0.25, 0.3) is 0 Å². The number of nitrogen functional groups attached to an aromatic ring is 1. The van der Waals surface area contributed by atoms with Crippen molar-refractivity contribution in [1.82, 2.24) is 4.98 Å². The Bertz CT molecular complexity index is 529. The number of hydrogen-bond donors (Lipinski definition) is 1. The summed E-state index contributed by atoms with van der Waals surface area (Å²) in [4.78, 5) is 5.07. The first-order valence-corrected chi connectivity index (χ1v) is 6.61. The first kappa shape index (κ1) is 12.3. The highest BCUT2D eigenvalue weighted by Crippen LogP contribution is 2.30. The molecule has 0 saturated heterocycles. The maximum atomic E-state index is 6.02. The minimum absolute atomic E-state index is 0.528. The van der Waals surface area contributed by atoms with Gasteiger partial charge in [0.2, 0.25) is 0 Å². The van der Waals surface area contributed by atoms with Crippen molar-refractivity contribution in [3.63, 3.8) is 0 Å². The smallest absolute Gasteiger partial charge is 0.129 e. The number of anilines is 1. The van der Waals surface area contributed by atoms with E-state index in [2.05, 4.69) is 4.98 Å². The van der Waals surface area contributed by atoms with E-state index >= 15 is 0 Å². The molecule has 0 atom stereocenters. The second-order valence-electron chi connectivity index (χ2n) is 3.76. The van der Waals surface area contributed by atoms with Crippen molar-refractivity contribution in [2.45, 2.75) is 17.6 Å². The van der Waals surface area contributed by atoms with Crippen LogP contribution in [0.2, 0.25) is 5.15 Å². The summed E-state index contributed by atoms with van der Waals surface area (Å²) in [7, 11) is 0. The van der Waals surface area contributed by atoms with Gasteiger partial charge in [-0.1, -0.05) is 23.7 Å². The Labute approximate surface area is 110 Å². The number of hydrogen-bond acceptors (Lipinski definition) is 3. The Morgan fingerprint density at radius 3 is 2.94 bits per heavy atom. The first-order valence-electron chi connectivity index (χ1n) is 5.25. The van der Waals surface area contributed by atoms with Crippen molar-refractivity contribution in [2.24, 2.45) is 0 Å². The number of nitrogens with two attached hydrogens (primary N) is 1. The zero-order valence-corrected chi connectivity index (χ0v) is 11.1. The molecule has 2 nitrogen and oxygen atoms in total. The van der Waals surface area contributed by atoms with E-state index in [0.717, 1.165) is 27.5 Å². The highest BCUT2D eigenvalue weighted by atomic mass is 35.5. The number of rotatable bonds is 3. The lowest BCUT2D eigenvalue weighted by atomic mass is 10.2. The molecule has 1 aromatic heterocycles. The van der Waals surface area contributed by atoms with Gasteiger partial charge in [-0.3, -0.25) is 0 Å². The van der Waals surface area contributed by atoms with E-state index in [4.69, 9.17) is 17.3 Å². The molecule has 4 heteroatoms. The number of pyridine rings is 1. The summed E-state index contributed by atoms with van der Waals surface area (Å²) < 4.78 is 0. The molecule has 0 spiro atoms. The molecule has 88 valence electrons. The van der Waals surface area contributed by atoms with Gasteiger partial charge in [0, 0.05) is 22.5 Å². The van der Waals surface area contributed by atoms with Crippen molar-refractivity contribution in [3.8, 4) is 0 Å². The predicted molar refractivity (Wildman–Crippen MR) is 74.4 cm³/mol. The molecule has 2 N–H and O–H groups in total.